The van der Waals surface area contributed by atoms with Gasteiger partial charge in [-0.1, -0.05) is 53.8 Å². The molecule has 1 heterocycles. The van der Waals surface area contributed by atoms with Crippen LogP contribution in [0.4, 0.5) is 15.8 Å². The average molecular weight is 513 g/mol. The Morgan fingerprint density at radius 2 is 1.94 bits per heavy atom. The number of thiocarbonyl (C=S) groups is 1. The zero-order valence-corrected chi connectivity index (χ0v) is 20.3. The second-order valence-electron chi connectivity index (χ2n) is 7.37. The number of thioether (sulfide) groups is 1. The van der Waals surface area contributed by atoms with Crippen LogP contribution in [0.1, 0.15) is 11.1 Å². The highest BCUT2D eigenvalue weighted by Crippen LogP contribution is 2.37. The highest BCUT2D eigenvalue weighted by molar-refractivity contribution is 8.27. The van der Waals surface area contributed by atoms with Gasteiger partial charge in [-0.05, 0) is 72.7 Å². The van der Waals surface area contributed by atoms with Crippen LogP contribution in [0.2, 0.25) is 5.02 Å². The van der Waals surface area contributed by atoms with Crippen molar-refractivity contribution < 1.29 is 18.7 Å². The molecule has 1 aliphatic heterocycles. The Balaban J connectivity index is 1.43. The summed E-state index contributed by atoms with van der Waals surface area (Å²) >= 11 is 12.8. The summed E-state index contributed by atoms with van der Waals surface area (Å²) in [7, 11) is 0. The molecule has 172 valence electrons. The van der Waals surface area contributed by atoms with Gasteiger partial charge in [0.1, 0.15) is 11.6 Å². The second kappa shape index (κ2) is 10.4. The van der Waals surface area contributed by atoms with E-state index in [4.69, 9.17) is 28.6 Å². The highest BCUT2D eigenvalue weighted by atomic mass is 35.5. The first-order chi connectivity index (χ1) is 16.3. The molecule has 9 heteroatoms. The van der Waals surface area contributed by atoms with Crippen LogP contribution in [0, 0.1) is 12.7 Å². The molecular weight excluding hydrogens is 495 g/mol. The lowest BCUT2D eigenvalue weighted by molar-refractivity contribution is -0.118. The number of amides is 2. The Morgan fingerprint density at radius 1 is 1.18 bits per heavy atom. The molecule has 1 saturated heterocycles. The third-order valence-corrected chi connectivity index (χ3v) is 6.57. The van der Waals surface area contributed by atoms with Crippen LogP contribution < -0.4 is 15.0 Å². The topological polar surface area (TPSA) is 58.6 Å². The molecule has 0 atom stereocenters. The molecule has 4 rings (SSSR count). The van der Waals surface area contributed by atoms with Gasteiger partial charge in [-0.15, -0.1) is 0 Å². The number of anilines is 2. The van der Waals surface area contributed by atoms with E-state index in [2.05, 4.69) is 5.32 Å². The van der Waals surface area contributed by atoms with Gasteiger partial charge >= 0.3 is 0 Å². The summed E-state index contributed by atoms with van der Waals surface area (Å²) in [6.45, 7) is 1.66. The molecule has 1 N–H and O–H groups in total. The summed E-state index contributed by atoms with van der Waals surface area (Å²) in [6, 6.07) is 17.8. The van der Waals surface area contributed by atoms with Gasteiger partial charge in [0.05, 0.1) is 10.6 Å². The van der Waals surface area contributed by atoms with Gasteiger partial charge in [-0.25, -0.2) is 4.39 Å². The summed E-state index contributed by atoms with van der Waals surface area (Å²) in [4.78, 5) is 27.0. The minimum Gasteiger partial charge on any atom is -0.484 e. The van der Waals surface area contributed by atoms with Crippen molar-refractivity contribution in [2.45, 2.75) is 6.92 Å². The number of benzene rings is 3. The monoisotopic (exact) mass is 512 g/mol. The number of carbonyl (C=O) groups excluding carboxylic acids is 2. The Labute approximate surface area is 210 Å². The van der Waals surface area contributed by atoms with Gasteiger partial charge in [0.15, 0.2) is 10.9 Å². The molecule has 3 aromatic carbocycles. The number of aryl methyl sites for hydroxylation is 1. The number of nitrogens with one attached hydrogen (secondary N) is 1. The first-order valence-corrected chi connectivity index (χ1v) is 11.7. The molecule has 0 saturated carbocycles. The number of nitrogens with zero attached hydrogens (tertiary/aromatic N) is 1. The Hall–Kier alpha value is -3.20. The number of rotatable bonds is 6. The largest absolute Gasteiger partial charge is 0.484 e. The smallest absolute Gasteiger partial charge is 0.270 e. The fraction of sp³-hybridized carbons (Fsp3) is 0.0800. The third-order valence-electron chi connectivity index (χ3n) is 4.86. The molecule has 34 heavy (non-hydrogen) atoms. The van der Waals surface area contributed by atoms with Crippen molar-refractivity contribution in [2.75, 3.05) is 16.8 Å². The van der Waals surface area contributed by atoms with Crippen molar-refractivity contribution in [1.82, 2.24) is 0 Å². The summed E-state index contributed by atoms with van der Waals surface area (Å²) in [5.41, 5.74) is 2.72. The van der Waals surface area contributed by atoms with Crippen LogP contribution in [0.25, 0.3) is 6.08 Å². The van der Waals surface area contributed by atoms with Gasteiger partial charge in [-0.3, -0.25) is 14.5 Å². The molecule has 0 bridgehead atoms. The number of ether oxygens (including phenoxy) is 1. The molecule has 1 fully saturated rings. The maximum Gasteiger partial charge on any atom is 0.270 e. The van der Waals surface area contributed by atoms with Crippen molar-refractivity contribution in [1.29, 1.82) is 0 Å². The Kier molecular flexibility index (Phi) is 7.31. The number of carbonyl (C=O) groups is 2. The predicted octanol–water partition coefficient (Wildman–Crippen LogP) is 6.21. The molecule has 0 radical (unpaired) electrons. The van der Waals surface area contributed by atoms with Crippen molar-refractivity contribution in [3.63, 3.8) is 0 Å². The number of hydrogen-bond acceptors (Lipinski definition) is 5. The van der Waals surface area contributed by atoms with Gasteiger partial charge in [0, 0.05) is 10.7 Å². The van der Waals surface area contributed by atoms with E-state index in [-0.39, 0.29) is 24.2 Å². The lowest BCUT2D eigenvalue weighted by atomic mass is 10.2. The minimum absolute atomic E-state index is 0.225. The van der Waals surface area contributed by atoms with Crippen molar-refractivity contribution >= 4 is 69.2 Å². The number of hydrogen-bond donors (Lipinski definition) is 1. The highest BCUT2D eigenvalue weighted by Gasteiger charge is 2.33. The second-order valence-corrected chi connectivity index (χ2v) is 9.45. The lowest BCUT2D eigenvalue weighted by Gasteiger charge is -2.15. The van der Waals surface area contributed by atoms with Crippen LogP contribution in [0.15, 0.2) is 71.6 Å². The average Bonchev–Trinajstić information content (AvgIpc) is 3.09. The molecule has 0 aromatic heterocycles. The standard InChI is InChI=1S/C25H18ClFN2O3S2/c1-15-5-10-19(13-21(15)26)29-24(31)22(34-25(29)33)12-16-3-2-4-20(11-16)32-14-23(30)28-18-8-6-17(27)7-9-18/h2-13H,14H2,1H3,(H,28,30)/b22-12-. The van der Waals surface area contributed by atoms with E-state index in [9.17, 15) is 14.0 Å². The fourth-order valence-electron chi connectivity index (χ4n) is 3.14. The quantitative estimate of drug-likeness (QED) is 0.314. The molecule has 0 unspecified atom stereocenters. The van der Waals surface area contributed by atoms with E-state index in [1.54, 1.807) is 36.4 Å². The van der Waals surface area contributed by atoms with Crippen LogP contribution >= 0.6 is 35.6 Å². The molecule has 5 nitrogen and oxygen atoms in total. The van der Waals surface area contributed by atoms with Crippen LogP contribution in [-0.4, -0.2) is 22.7 Å². The predicted molar refractivity (Wildman–Crippen MR) is 139 cm³/mol. The van der Waals surface area contributed by atoms with Gasteiger partial charge in [0.2, 0.25) is 0 Å². The summed E-state index contributed by atoms with van der Waals surface area (Å²) < 4.78 is 19.0. The minimum atomic E-state index is -0.384. The fourth-order valence-corrected chi connectivity index (χ4v) is 4.61. The maximum atomic E-state index is 13.0. The zero-order valence-electron chi connectivity index (χ0n) is 17.9. The summed E-state index contributed by atoms with van der Waals surface area (Å²) in [5.74, 6) is -0.538. The Bertz CT molecular complexity index is 1310. The van der Waals surface area contributed by atoms with E-state index in [1.807, 2.05) is 19.1 Å². The van der Waals surface area contributed by atoms with E-state index >= 15 is 0 Å². The molecule has 3 aromatic rings. The van der Waals surface area contributed by atoms with Gasteiger partial charge in [0.25, 0.3) is 11.8 Å². The van der Waals surface area contributed by atoms with Crippen LogP contribution in [0.3, 0.4) is 0 Å². The number of halogens is 2. The van der Waals surface area contributed by atoms with E-state index < -0.39 is 0 Å². The van der Waals surface area contributed by atoms with Crippen LogP contribution in [0.5, 0.6) is 5.75 Å². The Morgan fingerprint density at radius 3 is 2.68 bits per heavy atom. The third kappa shape index (κ3) is 5.64. The zero-order chi connectivity index (χ0) is 24.2. The van der Waals surface area contributed by atoms with Crippen molar-refractivity contribution in [3.8, 4) is 5.75 Å². The molecule has 0 spiro atoms. The SMILES string of the molecule is Cc1ccc(N2C(=O)/C(=C/c3cccc(OCC(=O)Nc4ccc(F)cc4)c3)SC2=S)cc1Cl. The molecule has 1 aliphatic rings. The molecule has 0 aliphatic carbocycles. The lowest BCUT2D eigenvalue weighted by Crippen LogP contribution is -2.27. The molecular formula is C25H18ClFN2O3S2. The summed E-state index contributed by atoms with van der Waals surface area (Å²) in [5, 5.41) is 3.19. The first-order valence-electron chi connectivity index (χ1n) is 10.1. The van der Waals surface area contributed by atoms with E-state index in [1.165, 1.54) is 40.9 Å². The van der Waals surface area contributed by atoms with Gasteiger partial charge < -0.3 is 10.1 Å². The van der Waals surface area contributed by atoms with Gasteiger partial charge in [-0.2, -0.15) is 0 Å². The van der Waals surface area contributed by atoms with Crippen LogP contribution in [-0.2, 0) is 9.59 Å². The maximum absolute atomic E-state index is 13.0. The van der Waals surface area contributed by atoms with Crippen molar-refractivity contribution in [2.24, 2.45) is 0 Å². The van der Waals surface area contributed by atoms with E-state index in [0.29, 0.717) is 31.4 Å². The van der Waals surface area contributed by atoms with Crippen molar-refractivity contribution in [3.05, 3.63) is 93.6 Å². The van der Waals surface area contributed by atoms with E-state index in [0.717, 1.165) is 11.1 Å². The first kappa shape index (κ1) is 23.9. The molecule has 2 amide bonds. The summed E-state index contributed by atoms with van der Waals surface area (Å²) in [6.07, 6.45) is 1.72. The normalized spacial score (nSPS) is 14.6.